The SMILES string of the molecule is CN=C(NCCN1CCC1)N1CCN(c2ccccn2)CC1. The lowest BCUT2D eigenvalue weighted by molar-refractivity contribution is 0.184. The third-order valence-electron chi connectivity index (χ3n) is 4.42. The van der Waals surface area contributed by atoms with Crippen molar-refractivity contribution in [2.75, 3.05) is 64.3 Å². The minimum absolute atomic E-state index is 0.979. The van der Waals surface area contributed by atoms with Gasteiger partial charge in [-0.25, -0.2) is 4.98 Å². The Bertz CT molecular complexity index is 477. The smallest absolute Gasteiger partial charge is 0.193 e. The van der Waals surface area contributed by atoms with Gasteiger partial charge in [0.1, 0.15) is 5.82 Å². The molecule has 0 radical (unpaired) electrons. The molecule has 22 heavy (non-hydrogen) atoms. The molecule has 3 rings (SSSR count). The molecule has 0 aromatic carbocycles. The molecule has 0 spiro atoms. The molecule has 3 heterocycles. The molecule has 6 heteroatoms. The Morgan fingerprint density at radius 2 is 2.00 bits per heavy atom. The van der Waals surface area contributed by atoms with E-state index in [1.807, 2.05) is 25.4 Å². The molecular formula is C16H26N6. The lowest BCUT2D eigenvalue weighted by atomic mass is 10.2. The van der Waals surface area contributed by atoms with Gasteiger partial charge in [0.25, 0.3) is 0 Å². The average Bonchev–Trinajstić information content (AvgIpc) is 2.54. The van der Waals surface area contributed by atoms with Gasteiger partial charge in [-0.3, -0.25) is 4.99 Å². The topological polar surface area (TPSA) is 47.0 Å². The lowest BCUT2D eigenvalue weighted by Gasteiger charge is -2.37. The summed E-state index contributed by atoms with van der Waals surface area (Å²) in [5, 5.41) is 3.49. The highest BCUT2D eigenvalue weighted by molar-refractivity contribution is 5.80. The number of anilines is 1. The van der Waals surface area contributed by atoms with Gasteiger partial charge in [0.15, 0.2) is 5.96 Å². The van der Waals surface area contributed by atoms with E-state index in [-0.39, 0.29) is 0 Å². The molecule has 0 atom stereocenters. The molecule has 2 aliphatic heterocycles. The quantitative estimate of drug-likeness (QED) is 0.648. The summed E-state index contributed by atoms with van der Waals surface area (Å²) in [7, 11) is 1.87. The molecule has 1 aromatic heterocycles. The van der Waals surface area contributed by atoms with Crippen LogP contribution in [0.4, 0.5) is 5.82 Å². The fourth-order valence-electron chi connectivity index (χ4n) is 2.95. The van der Waals surface area contributed by atoms with Crippen molar-refractivity contribution < 1.29 is 0 Å². The standard InChI is InChI=1S/C16H26N6/c1-17-16(19-7-10-20-8-4-9-20)22-13-11-21(12-14-22)15-5-2-3-6-18-15/h2-3,5-6H,4,7-14H2,1H3,(H,17,19). The molecule has 2 aliphatic rings. The Hall–Kier alpha value is -1.82. The molecule has 0 unspecified atom stereocenters. The van der Waals surface area contributed by atoms with Crippen LogP contribution in [0.3, 0.4) is 0 Å². The second kappa shape index (κ2) is 7.45. The zero-order chi connectivity index (χ0) is 15.2. The van der Waals surface area contributed by atoms with Gasteiger partial charge < -0.3 is 20.0 Å². The molecular weight excluding hydrogens is 276 g/mol. The van der Waals surface area contributed by atoms with E-state index in [1.54, 1.807) is 0 Å². The number of pyridine rings is 1. The van der Waals surface area contributed by atoms with Gasteiger partial charge in [-0.2, -0.15) is 0 Å². The summed E-state index contributed by atoms with van der Waals surface area (Å²) < 4.78 is 0. The first-order chi connectivity index (χ1) is 10.9. The first-order valence-electron chi connectivity index (χ1n) is 8.21. The Kier molecular flexibility index (Phi) is 5.11. The van der Waals surface area contributed by atoms with Gasteiger partial charge in [0, 0.05) is 52.5 Å². The monoisotopic (exact) mass is 302 g/mol. The molecule has 1 N–H and O–H groups in total. The normalized spacial score (nSPS) is 20.0. The van der Waals surface area contributed by atoms with Crippen molar-refractivity contribution >= 4 is 11.8 Å². The Morgan fingerprint density at radius 3 is 2.59 bits per heavy atom. The average molecular weight is 302 g/mol. The summed E-state index contributed by atoms with van der Waals surface area (Å²) in [5.41, 5.74) is 0. The van der Waals surface area contributed by atoms with E-state index in [1.165, 1.54) is 19.5 Å². The van der Waals surface area contributed by atoms with Crippen molar-refractivity contribution in [2.45, 2.75) is 6.42 Å². The number of guanidine groups is 1. The van der Waals surface area contributed by atoms with E-state index in [4.69, 9.17) is 0 Å². The van der Waals surface area contributed by atoms with Crippen molar-refractivity contribution in [1.82, 2.24) is 20.1 Å². The van der Waals surface area contributed by atoms with E-state index < -0.39 is 0 Å². The number of hydrogen-bond acceptors (Lipinski definition) is 4. The van der Waals surface area contributed by atoms with E-state index in [9.17, 15) is 0 Å². The third kappa shape index (κ3) is 3.68. The summed E-state index contributed by atoms with van der Waals surface area (Å²) in [6.07, 6.45) is 3.21. The highest BCUT2D eigenvalue weighted by Crippen LogP contribution is 2.12. The molecule has 0 saturated carbocycles. The zero-order valence-electron chi connectivity index (χ0n) is 13.4. The fourth-order valence-corrected chi connectivity index (χ4v) is 2.95. The molecule has 0 aliphatic carbocycles. The number of nitrogens with zero attached hydrogens (tertiary/aromatic N) is 5. The van der Waals surface area contributed by atoms with Crippen LogP contribution in [0.5, 0.6) is 0 Å². The largest absolute Gasteiger partial charge is 0.355 e. The Labute approximate surface area is 132 Å². The number of aliphatic imine (C=N–C) groups is 1. The van der Waals surface area contributed by atoms with Crippen LogP contribution in [0.1, 0.15) is 6.42 Å². The number of rotatable bonds is 4. The van der Waals surface area contributed by atoms with Crippen LogP contribution in [0.25, 0.3) is 0 Å². The first-order valence-corrected chi connectivity index (χ1v) is 8.21. The summed E-state index contributed by atoms with van der Waals surface area (Å²) in [5.74, 6) is 2.10. The van der Waals surface area contributed by atoms with Gasteiger partial charge >= 0.3 is 0 Å². The molecule has 2 fully saturated rings. The maximum Gasteiger partial charge on any atom is 0.193 e. The van der Waals surface area contributed by atoms with Gasteiger partial charge in [0.2, 0.25) is 0 Å². The van der Waals surface area contributed by atoms with Crippen LogP contribution in [-0.4, -0.2) is 80.1 Å². The van der Waals surface area contributed by atoms with E-state index >= 15 is 0 Å². The van der Waals surface area contributed by atoms with Crippen molar-refractivity contribution in [1.29, 1.82) is 0 Å². The maximum absolute atomic E-state index is 4.43. The van der Waals surface area contributed by atoms with Crippen molar-refractivity contribution in [3.8, 4) is 0 Å². The van der Waals surface area contributed by atoms with Crippen LogP contribution in [-0.2, 0) is 0 Å². The molecule has 6 nitrogen and oxygen atoms in total. The summed E-state index contributed by atoms with van der Waals surface area (Å²) in [6, 6.07) is 6.09. The van der Waals surface area contributed by atoms with Gasteiger partial charge in [-0.15, -0.1) is 0 Å². The first kappa shape index (κ1) is 15.1. The summed E-state index contributed by atoms with van der Waals surface area (Å²) in [4.78, 5) is 16.0. The number of aromatic nitrogens is 1. The minimum atomic E-state index is 0.979. The van der Waals surface area contributed by atoms with Crippen LogP contribution in [0.15, 0.2) is 29.4 Å². The van der Waals surface area contributed by atoms with Gasteiger partial charge in [-0.1, -0.05) is 6.07 Å². The Morgan fingerprint density at radius 1 is 1.18 bits per heavy atom. The highest BCUT2D eigenvalue weighted by atomic mass is 15.4. The third-order valence-corrected chi connectivity index (χ3v) is 4.42. The minimum Gasteiger partial charge on any atom is -0.355 e. The summed E-state index contributed by atoms with van der Waals surface area (Å²) in [6.45, 7) is 8.56. The van der Waals surface area contributed by atoms with Crippen LogP contribution in [0, 0.1) is 0 Å². The second-order valence-electron chi connectivity index (χ2n) is 5.83. The van der Waals surface area contributed by atoms with E-state index in [0.717, 1.165) is 51.0 Å². The number of hydrogen-bond donors (Lipinski definition) is 1. The van der Waals surface area contributed by atoms with Crippen molar-refractivity contribution in [2.24, 2.45) is 4.99 Å². The zero-order valence-corrected chi connectivity index (χ0v) is 13.4. The number of nitrogens with one attached hydrogen (secondary N) is 1. The van der Waals surface area contributed by atoms with E-state index in [2.05, 4.69) is 36.1 Å². The molecule has 120 valence electrons. The number of piperazine rings is 1. The van der Waals surface area contributed by atoms with Crippen LogP contribution in [0.2, 0.25) is 0 Å². The van der Waals surface area contributed by atoms with E-state index in [0.29, 0.717) is 0 Å². The lowest BCUT2D eigenvalue weighted by Crippen LogP contribution is -2.53. The predicted molar refractivity (Wildman–Crippen MR) is 90.4 cm³/mol. The van der Waals surface area contributed by atoms with Gasteiger partial charge in [0.05, 0.1) is 0 Å². The molecule has 0 bridgehead atoms. The fraction of sp³-hybridized carbons (Fsp3) is 0.625. The number of likely N-dealkylation sites (tertiary alicyclic amines) is 1. The second-order valence-corrected chi connectivity index (χ2v) is 5.83. The van der Waals surface area contributed by atoms with Gasteiger partial charge in [-0.05, 0) is 31.6 Å². The molecule has 0 amide bonds. The predicted octanol–water partition coefficient (Wildman–Crippen LogP) is 0.485. The maximum atomic E-state index is 4.43. The Balaban J connectivity index is 1.44. The summed E-state index contributed by atoms with van der Waals surface area (Å²) >= 11 is 0. The van der Waals surface area contributed by atoms with Crippen molar-refractivity contribution in [3.05, 3.63) is 24.4 Å². The van der Waals surface area contributed by atoms with Crippen molar-refractivity contribution in [3.63, 3.8) is 0 Å². The molecule has 1 aromatic rings. The molecule has 2 saturated heterocycles. The van der Waals surface area contributed by atoms with Crippen LogP contribution < -0.4 is 10.2 Å². The highest BCUT2D eigenvalue weighted by Gasteiger charge is 2.20. The van der Waals surface area contributed by atoms with Crippen LogP contribution >= 0.6 is 0 Å².